The molecule has 2 N–H and O–H groups in total. The van der Waals surface area contributed by atoms with Gasteiger partial charge in [-0.1, -0.05) is 18.2 Å². The molecule has 170 valence electrons. The van der Waals surface area contributed by atoms with Crippen LogP contribution in [0.5, 0.6) is 5.75 Å². The monoisotopic (exact) mass is 469 g/mol. The van der Waals surface area contributed by atoms with Crippen LogP contribution in [0.15, 0.2) is 53.4 Å². The highest BCUT2D eigenvalue weighted by molar-refractivity contribution is 7.89. The fourth-order valence-corrected chi connectivity index (χ4v) is 5.45. The first-order valence-electron chi connectivity index (χ1n) is 9.52. The molecule has 12 heteroatoms. The molecule has 4 rings (SSSR count). The van der Waals surface area contributed by atoms with Gasteiger partial charge in [0.1, 0.15) is 5.75 Å². The smallest absolute Gasteiger partial charge is 0.395 e. The van der Waals surface area contributed by atoms with Gasteiger partial charge in [0.05, 0.1) is 34.5 Å². The van der Waals surface area contributed by atoms with Crippen LogP contribution in [0.25, 0.3) is 10.9 Å². The van der Waals surface area contributed by atoms with Gasteiger partial charge in [0.15, 0.2) is 0 Å². The number of aliphatic carboxylic acids is 1. The number of para-hydroxylation sites is 1. The van der Waals surface area contributed by atoms with Gasteiger partial charge in [-0.15, -0.1) is 0 Å². The minimum absolute atomic E-state index is 0.105. The number of nitrogens with zero attached hydrogens (tertiary/aromatic N) is 3. The molecule has 1 aliphatic heterocycles. The standard InChI is InChI=1S/C20H18F3N3O5S/c21-20(22,23)15-10-25(32(30,31)13-7-5-12(27)6-8-13)11-18(15)26-17-4-2-1-3-14(17)16(24-26)9-19(28)29/h1-8,15,18,27H,9-11H2,(H,28,29)/t15-,18+/m1/s1. The number of benzene rings is 2. The molecule has 3 aromatic rings. The Kier molecular flexibility index (Phi) is 5.37. The Hall–Kier alpha value is -3.12. The van der Waals surface area contributed by atoms with Crippen LogP contribution in [0, 0.1) is 5.92 Å². The van der Waals surface area contributed by atoms with Crippen LogP contribution < -0.4 is 0 Å². The Morgan fingerprint density at radius 2 is 1.75 bits per heavy atom. The highest BCUT2D eigenvalue weighted by Crippen LogP contribution is 2.43. The Bertz CT molecular complexity index is 1270. The number of phenolic OH excluding ortho intramolecular Hbond substituents is 1. The molecule has 0 saturated carbocycles. The number of carboxylic acids is 1. The third-order valence-corrected chi connectivity index (χ3v) is 7.32. The second kappa shape index (κ2) is 7.78. The summed E-state index contributed by atoms with van der Waals surface area (Å²) in [4.78, 5) is 11.0. The van der Waals surface area contributed by atoms with E-state index in [0.29, 0.717) is 10.9 Å². The van der Waals surface area contributed by atoms with Gasteiger partial charge in [-0.3, -0.25) is 9.48 Å². The number of fused-ring (bicyclic) bond motifs is 1. The van der Waals surface area contributed by atoms with Crippen molar-refractivity contribution < 1.29 is 36.6 Å². The van der Waals surface area contributed by atoms with Crippen LogP contribution in [0.4, 0.5) is 13.2 Å². The van der Waals surface area contributed by atoms with Crippen molar-refractivity contribution >= 4 is 26.9 Å². The third kappa shape index (κ3) is 3.91. The zero-order chi connectivity index (χ0) is 23.3. The predicted octanol–water partition coefficient (Wildman–Crippen LogP) is 2.79. The summed E-state index contributed by atoms with van der Waals surface area (Å²) in [6, 6.07) is 9.45. The van der Waals surface area contributed by atoms with Crippen molar-refractivity contribution in [3.63, 3.8) is 0 Å². The van der Waals surface area contributed by atoms with Crippen molar-refractivity contribution in [2.24, 2.45) is 5.92 Å². The summed E-state index contributed by atoms with van der Waals surface area (Å²) in [7, 11) is -4.27. The Morgan fingerprint density at radius 1 is 1.09 bits per heavy atom. The molecule has 1 aromatic heterocycles. The number of alkyl halides is 3. The van der Waals surface area contributed by atoms with Gasteiger partial charge in [0, 0.05) is 18.5 Å². The van der Waals surface area contributed by atoms with E-state index in [9.17, 15) is 31.5 Å². The highest BCUT2D eigenvalue weighted by atomic mass is 32.2. The van der Waals surface area contributed by atoms with Crippen LogP contribution in [-0.4, -0.2) is 58.0 Å². The lowest BCUT2D eigenvalue weighted by Crippen LogP contribution is -2.33. The summed E-state index contributed by atoms with van der Waals surface area (Å²) in [6.07, 6.45) is -5.20. The number of phenols is 1. The normalized spacial score (nSPS) is 20.1. The number of aromatic hydroxyl groups is 1. The molecular weight excluding hydrogens is 451 g/mol. The summed E-state index contributed by atoms with van der Waals surface area (Å²) < 4.78 is 69.6. The molecule has 0 aliphatic carbocycles. The van der Waals surface area contributed by atoms with Crippen molar-refractivity contribution in [2.75, 3.05) is 13.1 Å². The topological polar surface area (TPSA) is 113 Å². The number of carbonyl (C=O) groups is 1. The zero-order valence-electron chi connectivity index (χ0n) is 16.4. The van der Waals surface area contributed by atoms with E-state index in [4.69, 9.17) is 5.11 Å². The fraction of sp³-hybridized carbons (Fsp3) is 0.300. The first kappa shape index (κ1) is 22.1. The van der Waals surface area contributed by atoms with E-state index < -0.39 is 53.6 Å². The van der Waals surface area contributed by atoms with Gasteiger partial charge >= 0.3 is 12.1 Å². The molecule has 0 unspecified atom stereocenters. The number of halogens is 3. The van der Waals surface area contributed by atoms with Crippen LogP contribution in [-0.2, 0) is 21.2 Å². The Labute approximate surface area is 180 Å². The average molecular weight is 469 g/mol. The van der Waals surface area contributed by atoms with Crippen LogP contribution in [0.3, 0.4) is 0 Å². The summed E-state index contributed by atoms with van der Waals surface area (Å²) >= 11 is 0. The lowest BCUT2D eigenvalue weighted by atomic mass is 10.0. The molecule has 0 spiro atoms. The van der Waals surface area contributed by atoms with E-state index in [2.05, 4.69) is 5.10 Å². The lowest BCUT2D eigenvalue weighted by Gasteiger charge is -2.22. The SMILES string of the molecule is O=C(O)Cc1nn([C@H]2CN(S(=O)(=O)c3ccc(O)cc3)C[C@H]2C(F)(F)F)c2ccccc12. The van der Waals surface area contributed by atoms with Gasteiger partial charge in [-0.25, -0.2) is 8.42 Å². The molecule has 2 atom stereocenters. The Morgan fingerprint density at radius 3 is 2.38 bits per heavy atom. The second-order valence-corrected chi connectivity index (χ2v) is 9.45. The van der Waals surface area contributed by atoms with Crippen molar-refractivity contribution in [3.8, 4) is 5.75 Å². The van der Waals surface area contributed by atoms with Crippen LogP contribution >= 0.6 is 0 Å². The number of sulfonamides is 1. The van der Waals surface area contributed by atoms with Crippen molar-refractivity contribution in [1.82, 2.24) is 14.1 Å². The fourth-order valence-electron chi connectivity index (χ4n) is 3.97. The first-order chi connectivity index (χ1) is 15.0. The van der Waals surface area contributed by atoms with Gasteiger partial charge < -0.3 is 10.2 Å². The van der Waals surface area contributed by atoms with Crippen molar-refractivity contribution in [1.29, 1.82) is 0 Å². The maximum Gasteiger partial charge on any atom is 0.395 e. The summed E-state index contributed by atoms with van der Waals surface area (Å²) in [5.41, 5.74) is 0.403. The lowest BCUT2D eigenvalue weighted by molar-refractivity contribution is -0.178. The van der Waals surface area contributed by atoms with Crippen molar-refractivity contribution in [3.05, 3.63) is 54.2 Å². The minimum Gasteiger partial charge on any atom is -0.508 e. The molecule has 1 saturated heterocycles. The molecule has 0 amide bonds. The molecule has 1 aliphatic rings. The van der Waals surface area contributed by atoms with E-state index in [1.165, 1.54) is 6.07 Å². The Balaban J connectivity index is 1.78. The second-order valence-electron chi connectivity index (χ2n) is 7.51. The number of aromatic nitrogens is 2. The average Bonchev–Trinajstić information content (AvgIpc) is 3.31. The predicted molar refractivity (Wildman–Crippen MR) is 107 cm³/mol. The number of hydrogen-bond donors (Lipinski definition) is 2. The molecule has 0 radical (unpaired) electrons. The summed E-state index contributed by atoms with van der Waals surface area (Å²) in [5, 5.41) is 23.1. The van der Waals surface area contributed by atoms with E-state index >= 15 is 0 Å². The van der Waals surface area contributed by atoms with E-state index in [0.717, 1.165) is 33.3 Å². The quantitative estimate of drug-likeness (QED) is 0.594. The van der Waals surface area contributed by atoms with Gasteiger partial charge in [0.2, 0.25) is 10.0 Å². The van der Waals surface area contributed by atoms with Gasteiger partial charge in [-0.2, -0.15) is 22.6 Å². The zero-order valence-corrected chi connectivity index (χ0v) is 17.2. The number of carboxylic acid groups (broad SMARTS) is 1. The van der Waals surface area contributed by atoms with E-state index in [1.54, 1.807) is 18.2 Å². The highest BCUT2D eigenvalue weighted by Gasteiger charge is 2.53. The van der Waals surface area contributed by atoms with E-state index in [1.807, 2.05) is 0 Å². The molecular formula is C20H18F3N3O5S. The summed E-state index contributed by atoms with van der Waals surface area (Å²) in [5.74, 6) is -3.41. The van der Waals surface area contributed by atoms with Crippen LogP contribution in [0.1, 0.15) is 11.7 Å². The maximum absolute atomic E-state index is 13.9. The van der Waals surface area contributed by atoms with Crippen molar-refractivity contribution in [2.45, 2.75) is 23.5 Å². The first-order valence-corrected chi connectivity index (χ1v) is 11.0. The third-order valence-electron chi connectivity index (χ3n) is 5.47. The van der Waals surface area contributed by atoms with E-state index in [-0.39, 0.29) is 16.3 Å². The number of hydrogen-bond acceptors (Lipinski definition) is 5. The molecule has 0 bridgehead atoms. The van der Waals surface area contributed by atoms with Gasteiger partial charge in [0.25, 0.3) is 0 Å². The molecule has 32 heavy (non-hydrogen) atoms. The van der Waals surface area contributed by atoms with Gasteiger partial charge in [-0.05, 0) is 30.3 Å². The largest absolute Gasteiger partial charge is 0.508 e. The number of rotatable bonds is 5. The molecule has 2 aromatic carbocycles. The molecule has 8 nitrogen and oxygen atoms in total. The molecule has 2 heterocycles. The maximum atomic E-state index is 13.9. The molecule has 1 fully saturated rings. The summed E-state index contributed by atoms with van der Waals surface area (Å²) in [6.45, 7) is -1.30. The van der Waals surface area contributed by atoms with Crippen LogP contribution in [0.2, 0.25) is 0 Å². The minimum atomic E-state index is -4.72.